The number of aromatic amines is 1. The zero-order valence-corrected chi connectivity index (χ0v) is 26.1. The number of fused-ring (bicyclic) bond motifs is 1. The molecule has 2 fully saturated rings. The van der Waals surface area contributed by atoms with Gasteiger partial charge in [0, 0.05) is 55.4 Å². The van der Waals surface area contributed by atoms with Crippen LogP contribution in [0.5, 0.6) is 0 Å². The normalized spacial score (nSPS) is 17.0. The maximum atomic E-state index is 12.6. The molecule has 1 saturated carbocycles. The first-order valence-electron chi connectivity index (χ1n) is 16.4. The Morgan fingerprint density at radius 3 is 2.62 bits per heavy atom. The molecule has 1 aromatic carbocycles. The van der Waals surface area contributed by atoms with Crippen LogP contribution in [-0.2, 0) is 22.7 Å². The molecule has 1 aliphatic carbocycles. The second-order valence-electron chi connectivity index (χ2n) is 12.2. The Morgan fingerprint density at radius 1 is 1.02 bits per heavy atom. The first-order chi connectivity index (χ1) is 21.9. The van der Waals surface area contributed by atoms with Crippen LogP contribution < -0.4 is 27.0 Å². The average Bonchev–Trinajstić information content (AvgIpc) is 3.52. The van der Waals surface area contributed by atoms with Crippen molar-refractivity contribution < 1.29 is 14.7 Å². The Labute approximate surface area is 264 Å². The molecule has 2 aliphatic rings. The fourth-order valence-electron chi connectivity index (χ4n) is 6.09. The van der Waals surface area contributed by atoms with Crippen LogP contribution in [0.4, 0.5) is 11.8 Å². The number of H-pyrrole nitrogens is 1. The lowest BCUT2D eigenvalue weighted by molar-refractivity contribution is -0.139. The van der Waals surface area contributed by atoms with Crippen molar-refractivity contribution in [3.8, 4) is 0 Å². The highest BCUT2D eigenvalue weighted by Crippen LogP contribution is 2.25. The van der Waals surface area contributed by atoms with E-state index in [-0.39, 0.29) is 24.8 Å². The smallest absolute Gasteiger partial charge is 0.320 e. The summed E-state index contributed by atoms with van der Waals surface area (Å²) >= 11 is 0. The molecule has 1 aliphatic heterocycles. The lowest BCUT2D eigenvalue weighted by Crippen LogP contribution is -2.43. The van der Waals surface area contributed by atoms with Crippen molar-refractivity contribution in [2.24, 2.45) is 5.73 Å². The number of carbonyl (C=O) groups is 2. The predicted molar refractivity (Wildman–Crippen MR) is 175 cm³/mol. The minimum Gasteiger partial charge on any atom is -0.480 e. The highest BCUT2D eigenvalue weighted by molar-refractivity contribution is 5.90. The van der Waals surface area contributed by atoms with E-state index < -0.39 is 12.0 Å². The Bertz CT molecular complexity index is 1380. The molecule has 1 saturated heterocycles. The number of carbonyl (C=O) groups excluding carboxylic acids is 1. The summed E-state index contributed by atoms with van der Waals surface area (Å²) in [6.45, 7) is 4.43. The lowest BCUT2D eigenvalue weighted by atomic mass is 9.95. The summed E-state index contributed by atoms with van der Waals surface area (Å²) < 4.78 is 0. The molecule has 3 aromatic rings. The minimum absolute atomic E-state index is 0.0526. The number of anilines is 2. The molecule has 13 nitrogen and oxygen atoms in total. The number of hydrogen-bond donors (Lipinski definition) is 7. The summed E-state index contributed by atoms with van der Waals surface area (Å²) in [7, 11) is 0. The number of para-hydroxylation sites is 1. The fraction of sp³-hybridized carbons (Fsp3) is 0.594. The maximum absolute atomic E-state index is 12.6. The van der Waals surface area contributed by atoms with Gasteiger partial charge in [0.05, 0.1) is 12.1 Å². The van der Waals surface area contributed by atoms with Crippen molar-refractivity contribution >= 4 is 34.5 Å². The number of amides is 1. The van der Waals surface area contributed by atoms with Gasteiger partial charge >= 0.3 is 5.97 Å². The summed E-state index contributed by atoms with van der Waals surface area (Å²) in [5, 5.41) is 24.0. The largest absolute Gasteiger partial charge is 0.480 e. The monoisotopic (exact) mass is 620 g/mol. The van der Waals surface area contributed by atoms with Gasteiger partial charge in [-0.15, -0.1) is 0 Å². The van der Waals surface area contributed by atoms with E-state index in [1.807, 2.05) is 30.5 Å². The summed E-state index contributed by atoms with van der Waals surface area (Å²) in [4.78, 5) is 42.7. The van der Waals surface area contributed by atoms with E-state index in [0.717, 1.165) is 67.1 Å². The van der Waals surface area contributed by atoms with Gasteiger partial charge in [0.15, 0.2) is 0 Å². The Balaban J connectivity index is 1.07. The van der Waals surface area contributed by atoms with Gasteiger partial charge in [0.2, 0.25) is 11.9 Å². The van der Waals surface area contributed by atoms with Crippen LogP contribution in [-0.4, -0.2) is 86.1 Å². The first kappa shape index (κ1) is 32.6. The second-order valence-corrected chi connectivity index (χ2v) is 12.2. The Hall–Kier alpha value is -3.81. The highest BCUT2D eigenvalue weighted by Gasteiger charge is 2.25. The van der Waals surface area contributed by atoms with Gasteiger partial charge in [0.25, 0.3) is 0 Å². The molecular formula is C32H48N10O3. The summed E-state index contributed by atoms with van der Waals surface area (Å²) in [5.41, 5.74) is 7.44. The number of piperidine rings is 1. The van der Waals surface area contributed by atoms with Crippen LogP contribution in [0, 0.1) is 0 Å². The number of hydrogen-bond acceptors (Lipinski definition) is 10. The van der Waals surface area contributed by atoms with E-state index in [0.29, 0.717) is 31.6 Å². The van der Waals surface area contributed by atoms with Gasteiger partial charge in [-0.25, -0.2) is 9.97 Å². The number of aromatic nitrogens is 4. The van der Waals surface area contributed by atoms with Crippen LogP contribution in [0.2, 0.25) is 0 Å². The van der Waals surface area contributed by atoms with Crippen molar-refractivity contribution in [1.29, 1.82) is 0 Å². The van der Waals surface area contributed by atoms with E-state index >= 15 is 0 Å². The average molecular weight is 621 g/mol. The topological polar surface area (TPSA) is 186 Å². The molecule has 1 atom stereocenters. The molecule has 0 radical (unpaired) electrons. The molecule has 45 heavy (non-hydrogen) atoms. The van der Waals surface area contributed by atoms with Gasteiger partial charge in [-0.1, -0.05) is 31.4 Å². The molecule has 244 valence electrons. The standard InChI is InChI=1S/C32H48N10O3/c33-26(31(44)45)11-12-29(43)42-17-13-23(14-18-42)39-30-25-9-4-5-10-27(25)40-32(41-30)37-21-28-36-20-24(38-28)19-34-15-6-16-35-22-7-2-1-3-8-22/h4-5,9-10,20,22-23,26,34-35H,1-3,6-8,11-19,21,33H2,(H,36,38)(H,44,45)(H2,37,39,40,41)/t26-/m0/s1. The number of imidazole rings is 1. The minimum atomic E-state index is -1.08. The highest BCUT2D eigenvalue weighted by atomic mass is 16.4. The zero-order chi connectivity index (χ0) is 31.4. The number of nitrogens with two attached hydrogens (primary N) is 1. The van der Waals surface area contributed by atoms with E-state index in [9.17, 15) is 9.59 Å². The number of benzene rings is 1. The molecule has 13 heteroatoms. The van der Waals surface area contributed by atoms with Gasteiger partial charge in [-0.3, -0.25) is 9.59 Å². The Morgan fingerprint density at radius 2 is 1.82 bits per heavy atom. The van der Waals surface area contributed by atoms with Crippen LogP contribution in [0.1, 0.15) is 75.7 Å². The van der Waals surface area contributed by atoms with Crippen LogP contribution in [0.3, 0.4) is 0 Å². The van der Waals surface area contributed by atoms with Crippen molar-refractivity contribution in [3.05, 3.63) is 42.0 Å². The number of nitrogens with zero attached hydrogens (tertiary/aromatic N) is 4. The number of nitrogens with one attached hydrogen (secondary N) is 5. The van der Waals surface area contributed by atoms with Gasteiger partial charge in [-0.05, 0) is 63.7 Å². The predicted octanol–water partition coefficient (Wildman–Crippen LogP) is 2.96. The molecule has 5 rings (SSSR count). The lowest BCUT2D eigenvalue weighted by Gasteiger charge is -2.33. The molecular weight excluding hydrogens is 572 g/mol. The van der Waals surface area contributed by atoms with Gasteiger partial charge in [-0.2, -0.15) is 4.98 Å². The number of carboxylic acid groups (broad SMARTS) is 1. The fourth-order valence-corrected chi connectivity index (χ4v) is 6.09. The summed E-state index contributed by atoms with van der Waals surface area (Å²) in [6.07, 6.45) is 11.5. The van der Waals surface area contributed by atoms with Crippen LogP contribution in [0.25, 0.3) is 10.9 Å². The van der Waals surface area contributed by atoms with Crippen molar-refractivity contribution in [2.45, 2.75) is 95.4 Å². The first-order valence-corrected chi connectivity index (χ1v) is 16.4. The number of carboxylic acids is 1. The zero-order valence-electron chi connectivity index (χ0n) is 26.1. The third kappa shape index (κ3) is 9.84. The second kappa shape index (κ2) is 16.5. The number of rotatable bonds is 16. The SMILES string of the molecule is N[C@@H](CCC(=O)N1CCC(Nc2nc(NCc3ncc(CNCCCNC4CCCCC4)[nH]3)nc3ccccc23)CC1)C(=O)O. The molecule has 0 bridgehead atoms. The molecule has 8 N–H and O–H groups in total. The van der Waals surface area contributed by atoms with Gasteiger partial charge < -0.3 is 42.0 Å². The van der Waals surface area contributed by atoms with Gasteiger partial charge in [0.1, 0.15) is 17.7 Å². The van der Waals surface area contributed by atoms with Crippen molar-refractivity contribution in [2.75, 3.05) is 36.8 Å². The number of aliphatic carboxylic acids is 1. The maximum Gasteiger partial charge on any atom is 0.320 e. The van der Waals surface area contributed by atoms with Crippen molar-refractivity contribution in [3.63, 3.8) is 0 Å². The molecule has 3 heterocycles. The third-order valence-electron chi connectivity index (χ3n) is 8.76. The Kier molecular flexibility index (Phi) is 11.9. The van der Waals surface area contributed by atoms with E-state index in [1.165, 1.54) is 32.1 Å². The van der Waals surface area contributed by atoms with E-state index in [4.69, 9.17) is 20.8 Å². The molecule has 2 aromatic heterocycles. The molecule has 0 unspecified atom stereocenters. The van der Waals surface area contributed by atoms with Crippen molar-refractivity contribution in [1.82, 2.24) is 35.5 Å². The third-order valence-corrected chi connectivity index (χ3v) is 8.76. The van der Waals surface area contributed by atoms with Crippen LogP contribution in [0.15, 0.2) is 30.5 Å². The summed E-state index contributed by atoms with van der Waals surface area (Å²) in [5.74, 6) is 0.950. The molecule has 1 amide bonds. The van der Waals surface area contributed by atoms with Crippen LogP contribution >= 0.6 is 0 Å². The van der Waals surface area contributed by atoms with E-state index in [1.54, 1.807) is 4.90 Å². The number of likely N-dealkylation sites (tertiary alicyclic amines) is 1. The quantitative estimate of drug-likeness (QED) is 0.117. The van der Waals surface area contributed by atoms with E-state index in [2.05, 4.69) is 31.2 Å². The molecule has 0 spiro atoms. The summed E-state index contributed by atoms with van der Waals surface area (Å²) in [6, 6.07) is 7.74.